The van der Waals surface area contributed by atoms with Crippen LogP contribution in [0.1, 0.15) is 12.0 Å². The molecular formula is C17H17FN2O4. The summed E-state index contributed by atoms with van der Waals surface area (Å²) >= 11 is 0. The van der Waals surface area contributed by atoms with Crippen molar-refractivity contribution >= 4 is 5.84 Å². The first-order valence-corrected chi connectivity index (χ1v) is 7.46. The summed E-state index contributed by atoms with van der Waals surface area (Å²) in [5, 5.41) is 3.80. The second kappa shape index (κ2) is 7.54. The molecule has 0 atom stereocenters. The minimum atomic E-state index is -0.326. The molecule has 2 N–H and O–H groups in total. The Morgan fingerprint density at radius 1 is 1.08 bits per heavy atom. The lowest BCUT2D eigenvalue weighted by Crippen LogP contribution is -2.14. The molecule has 1 aliphatic rings. The predicted molar refractivity (Wildman–Crippen MR) is 85.8 cm³/mol. The van der Waals surface area contributed by atoms with Crippen LogP contribution in [-0.2, 0) is 4.84 Å². The molecule has 0 radical (unpaired) electrons. The van der Waals surface area contributed by atoms with E-state index >= 15 is 0 Å². The number of nitrogens with zero attached hydrogens (tertiary/aromatic N) is 1. The van der Waals surface area contributed by atoms with Gasteiger partial charge in [-0.15, -0.1) is 0 Å². The monoisotopic (exact) mass is 332 g/mol. The van der Waals surface area contributed by atoms with E-state index in [0.717, 1.165) is 5.75 Å². The van der Waals surface area contributed by atoms with Gasteiger partial charge in [-0.25, -0.2) is 4.39 Å². The average Bonchev–Trinajstić information content (AvgIpc) is 3.06. The van der Waals surface area contributed by atoms with Crippen molar-refractivity contribution in [1.82, 2.24) is 0 Å². The van der Waals surface area contributed by atoms with Crippen LogP contribution in [0.4, 0.5) is 4.39 Å². The molecule has 3 rings (SSSR count). The summed E-state index contributed by atoms with van der Waals surface area (Å²) in [5.74, 6) is 1.98. The standard InChI is InChI=1S/C17H17FN2O4/c18-13-4-2-12(3-5-13)17(19)20-24-9-1-8-21-14-6-7-15-16(10-14)23-11-22-15/h2-7,10H,1,8-9,11H2,(H2,19,20). The lowest BCUT2D eigenvalue weighted by molar-refractivity contribution is 0.127. The van der Waals surface area contributed by atoms with Crippen LogP contribution in [0.5, 0.6) is 17.2 Å². The van der Waals surface area contributed by atoms with E-state index in [-0.39, 0.29) is 18.4 Å². The topological polar surface area (TPSA) is 75.3 Å². The summed E-state index contributed by atoms with van der Waals surface area (Å²) in [7, 11) is 0. The molecular weight excluding hydrogens is 315 g/mol. The molecule has 0 spiro atoms. The highest BCUT2D eigenvalue weighted by Gasteiger charge is 2.13. The maximum atomic E-state index is 12.8. The molecule has 126 valence electrons. The van der Waals surface area contributed by atoms with Gasteiger partial charge < -0.3 is 24.8 Å². The van der Waals surface area contributed by atoms with Gasteiger partial charge in [0.15, 0.2) is 17.3 Å². The third-order valence-corrected chi connectivity index (χ3v) is 3.30. The van der Waals surface area contributed by atoms with Crippen molar-refractivity contribution in [2.45, 2.75) is 6.42 Å². The predicted octanol–water partition coefficient (Wildman–Crippen LogP) is 2.66. The number of halogens is 1. The van der Waals surface area contributed by atoms with Crippen molar-refractivity contribution in [2.24, 2.45) is 10.9 Å². The van der Waals surface area contributed by atoms with Crippen LogP contribution < -0.4 is 19.9 Å². The highest BCUT2D eigenvalue weighted by atomic mass is 19.1. The molecule has 0 saturated carbocycles. The van der Waals surface area contributed by atoms with Gasteiger partial charge in [0.25, 0.3) is 0 Å². The largest absolute Gasteiger partial charge is 0.493 e. The van der Waals surface area contributed by atoms with Gasteiger partial charge in [0.05, 0.1) is 6.61 Å². The van der Waals surface area contributed by atoms with E-state index < -0.39 is 0 Å². The fourth-order valence-electron chi connectivity index (χ4n) is 2.07. The Balaban J connectivity index is 1.38. The number of nitrogens with two attached hydrogens (primary N) is 1. The van der Waals surface area contributed by atoms with E-state index in [1.54, 1.807) is 18.2 Å². The summed E-state index contributed by atoms with van der Waals surface area (Å²) in [6, 6.07) is 11.1. The summed E-state index contributed by atoms with van der Waals surface area (Å²) in [6.07, 6.45) is 0.634. The molecule has 0 amide bonds. The minimum absolute atomic E-state index is 0.201. The molecule has 1 aliphatic heterocycles. The Hall–Kier alpha value is -2.96. The van der Waals surface area contributed by atoms with Gasteiger partial charge in [-0.1, -0.05) is 5.16 Å². The summed E-state index contributed by atoms with van der Waals surface area (Å²) in [4.78, 5) is 5.14. The highest BCUT2D eigenvalue weighted by molar-refractivity contribution is 5.96. The van der Waals surface area contributed by atoms with E-state index in [2.05, 4.69) is 5.16 Å². The molecule has 0 bridgehead atoms. The Morgan fingerprint density at radius 2 is 1.88 bits per heavy atom. The zero-order valence-corrected chi connectivity index (χ0v) is 12.9. The quantitative estimate of drug-likeness (QED) is 0.365. The van der Waals surface area contributed by atoms with Gasteiger partial charge in [0.2, 0.25) is 6.79 Å². The molecule has 1 heterocycles. The van der Waals surface area contributed by atoms with Crippen LogP contribution in [0.15, 0.2) is 47.6 Å². The molecule has 0 aromatic heterocycles. The minimum Gasteiger partial charge on any atom is -0.493 e. The van der Waals surface area contributed by atoms with Crippen molar-refractivity contribution in [3.63, 3.8) is 0 Å². The lowest BCUT2D eigenvalue weighted by atomic mass is 10.2. The maximum absolute atomic E-state index is 12.8. The van der Waals surface area contributed by atoms with Gasteiger partial charge in [-0.2, -0.15) is 0 Å². The second-order valence-electron chi connectivity index (χ2n) is 5.03. The number of hydrogen-bond donors (Lipinski definition) is 1. The third kappa shape index (κ3) is 4.07. The zero-order chi connectivity index (χ0) is 16.8. The summed E-state index contributed by atoms with van der Waals surface area (Å²) in [5.41, 5.74) is 6.35. The van der Waals surface area contributed by atoms with E-state index in [9.17, 15) is 4.39 Å². The number of fused-ring (bicyclic) bond motifs is 1. The molecule has 0 saturated heterocycles. The van der Waals surface area contributed by atoms with Crippen LogP contribution in [0, 0.1) is 5.82 Å². The van der Waals surface area contributed by atoms with E-state index in [4.69, 9.17) is 24.8 Å². The van der Waals surface area contributed by atoms with Crippen LogP contribution in [0.3, 0.4) is 0 Å². The average molecular weight is 332 g/mol. The van der Waals surface area contributed by atoms with Gasteiger partial charge in [0.1, 0.15) is 18.2 Å². The first-order chi connectivity index (χ1) is 11.7. The number of hydrogen-bond acceptors (Lipinski definition) is 5. The first kappa shape index (κ1) is 15.9. The molecule has 2 aromatic carbocycles. The van der Waals surface area contributed by atoms with Crippen molar-refractivity contribution < 1.29 is 23.4 Å². The number of ether oxygens (including phenoxy) is 3. The molecule has 24 heavy (non-hydrogen) atoms. The van der Waals surface area contributed by atoms with Gasteiger partial charge in [0, 0.05) is 18.1 Å². The van der Waals surface area contributed by atoms with Crippen LogP contribution in [-0.4, -0.2) is 25.8 Å². The number of benzene rings is 2. The molecule has 0 fully saturated rings. The number of amidine groups is 1. The number of rotatable bonds is 7. The van der Waals surface area contributed by atoms with E-state index in [1.807, 2.05) is 12.1 Å². The normalized spacial score (nSPS) is 13.0. The maximum Gasteiger partial charge on any atom is 0.231 e. The zero-order valence-electron chi connectivity index (χ0n) is 12.9. The number of oxime groups is 1. The fourth-order valence-corrected chi connectivity index (χ4v) is 2.07. The summed E-state index contributed by atoms with van der Waals surface area (Å²) < 4.78 is 28.9. The first-order valence-electron chi connectivity index (χ1n) is 7.46. The molecule has 7 heteroatoms. The molecule has 6 nitrogen and oxygen atoms in total. The fraction of sp³-hybridized carbons (Fsp3) is 0.235. The molecule has 2 aromatic rings. The second-order valence-corrected chi connectivity index (χ2v) is 5.03. The summed E-state index contributed by atoms with van der Waals surface area (Å²) in [6.45, 7) is 1.05. The Kier molecular flexibility index (Phi) is 5.00. The van der Waals surface area contributed by atoms with Gasteiger partial charge in [-0.05, 0) is 36.4 Å². The van der Waals surface area contributed by atoms with Gasteiger partial charge >= 0.3 is 0 Å². The van der Waals surface area contributed by atoms with Crippen molar-refractivity contribution in [2.75, 3.05) is 20.0 Å². The van der Waals surface area contributed by atoms with E-state index in [1.165, 1.54) is 12.1 Å². The smallest absolute Gasteiger partial charge is 0.231 e. The van der Waals surface area contributed by atoms with Gasteiger partial charge in [-0.3, -0.25) is 0 Å². The highest BCUT2D eigenvalue weighted by Crippen LogP contribution is 2.35. The van der Waals surface area contributed by atoms with Crippen molar-refractivity contribution in [1.29, 1.82) is 0 Å². The lowest BCUT2D eigenvalue weighted by Gasteiger charge is -2.06. The van der Waals surface area contributed by atoms with Crippen molar-refractivity contribution in [3.05, 3.63) is 53.8 Å². The van der Waals surface area contributed by atoms with E-state index in [0.29, 0.717) is 36.7 Å². The Bertz CT molecular complexity index is 719. The Morgan fingerprint density at radius 3 is 2.71 bits per heavy atom. The Labute approximate surface area is 138 Å². The van der Waals surface area contributed by atoms with Crippen LogP contribution in [0.25, 0.3) is 0 Å². The van der Waals surface area contributed by atoms with Crippen LogP contribution >= 0.6 is 0 Å². The third-order valence-electron chi connectivity index (χ3n) is 3.30. The SMILES string of the molecule is NC(=NOCCCOc1ccc2c(c1)OCO2)c1ccc(F)cc1. The van der Waals surface area contributed by atoms with Crippen LogP contribution in [0.2, 0.25) is 0 Å². The molecule has 0 aliphatic carbocycles. The molecule has 0 unspecified atom stereocenters. The van der Waals surface area contributed by atoms with Crippen molar-refractivity contribution in [3.8, 4) is 17.2 Å².